The third kappa shape index (κ3) is 3.50. The number of aromatic nitrogens is 4. The van der Waals surface area contributed by atoms with Crippen LogP contribution in [0.3, 0.4) is 0 Å². The van der Waals surface area contributed by atoms with Gasteiger partial charge >= 0.3 is 5.97 Å². The van der Waals surface area contributed by atoms with E-state index < -0.39 is 11.4 Å². The van der Waals surface area contributed by atoms with Gasteiger partial charge in [0.1, 0.15) is 5.69 Å². The molecule has 8 heteroatoms. The molecule has 0 spiro atoms. The highest BCUT2D eigenvalue weighted by Crippen LogP contribution is 2.26. The molecule has 0 atom stereocenters. The van der Waals surface area contributed by atoms with Gasteiger partial charge in [0.15, 0.2) is 0 Å². The SMILES string of the molecule is CC(C)(CC(=O)O)Cc1nnc(-c2ccc(=O)[nH]n2)o1. The van der Waals surface area contributed by atoms with Gasteiger partial charge in [0, 0.05) is 12.5 Å². The molecule has 0 aromatic carbocycles. The van der Waals surface area contributed by atoms with E-state index in [9.17, 15) is 9.59 Å². The maximum absolute atomic E-state index is 10.9. The fourth-order valence-electron chi connectivity index (χ4n) is 1.77. The Morgan fingerprint density at radius 3 is 2.75 bits per heavy atom. The second-order valence-corrected chi connectivity index (χ2v) is 5.22. The number of aliphatic carboxylic acids is 1. The van der Waals surface area contributed by atoms with Gasteiger partial charge in [-0.2, -0.15) is 5.10 Å². The average Bonchev–Trinajstić information content (AvgIpc) is 2.75. The van der Waals surface area contributed by atoms with Gasteiger partial charge < -0.3 is 9.52 Å². The van der Waals surface area contributed by atoms with Crippen molar-refractivity contribution in [3.8, 4) is 11.6 Å². The van der Waals surface area contributed by atoms with Crippen molar-refractivity contribution in [1.82, 2.24) is 20.4 Å². The molecule has 0 aliphatic rings. The Kier molecular flexibility index (Phi) is 3.64. The van der Waals surface area contributed by atoms with Crippen molar-refractivity contribution >= 4 is 5.97 Å². The lowest BCUT2D eigenvalue weighted by atomic mass is 9.86. The molecule has 2 rings (SSSR count). The van der Waals surface area contributed by atoms with Gasteiger partial charge in [-0.3, -0.25) is 9.59 Å². The topological polar surface area (TPSA) is 122 Å². The van der Waals surface area contributed by atoms with Gasteiger partial charge in [-0.05, 0) is 11.5 Å². The maximum atomic E-state index is 10.9. The minimum Gasteiger partial charge on any atom is -0.481 e. The largest absolute Gasteiger partial charge is 0.481 e. The Balaban J connectivity index is 2.15. The third-order valence-corrected chi connectivity index (χ3v) is 2.62. The van der Waals surface area contributed by atoms with Crippen LogP contribution in [0.2, 0.25) is 0 Å². The molecule has 8 nitrogen and oxygen atoms in total. The Hall–Kier alpha value is -2.51. The molecule has 2 heterocycles. The van der Waals surface area contributed by atoms with Crippen LogP contribution in [0.1, 0.15) is 26.2 Å². The Bertz CT molecular complexity index is 654. The number of nitrogens with zero attached hydrogens (tertiary/aromatic N) is 3. The van der Waals surface area contributed by atoms with Gasteiger partial charge in [-0.25, -0.2) is 5.10 Å². The first-order valence-electron chi connectivity index (χ1n) is 5.96. The summed E-state index contributed by atoms with van der Waals surface area (Å²) in [6, 6.07) is 2.78. The van der Waals surface area contributed by atoms with Crippen LogP contribution in [0, 0.1) is 5.41 Å². The van der Waals surface area contributed by atoms with Crippen molar-refractivity contribution in [2.45, 2.75) is 26.7 Å². The Labute approximate surface area is 113 Å². The number of carboxylic acids is 1. The molecule has 0 fully saturated rings. The van der Waals surface area contributed by atoms with Crippen molar-refractivity contribution < 1.29 is 14.3 Å². The molecule has 0 saturated heterocycles. The number of hydrogen-bond acceptors (Lipinski definition) is 6. The third-order valence-electron chi connectivity index (χ3n) is 2.62. The molecule has 2 N–H and O–H groups in total. The highest BCUT2D eigenvalue weighted by atomic mass is 16.4. The lowest BCUT2D eigenvalue weighted by Gasteiger charge is -2.19. The lowest BCUT2D eigenvalue weighted by molar-refractivity contribution is -0.139. The second kappa shape index (κ2) is 5.24. The highest BCUT2D eigenvalue weighted by molar-refractivity contribution is 5.67. The first-order valence-corrected chi connectivity index (χ1v) is 5.96. The molecule has 0 amide bonds. The van der Waals surface area contributed by atoms with Crippen LogP contribution >= 0.6 is 0 Å². The summed E-state index contributed by atoms with van der Waals surface area (Å²) in [6.45, 7) is 3.62. The van der Waals surface area contributed by atoms with Crippen LogP contribution in [0.25, 0.3) is 11.6 Å². The van der Waals surface area contributed by atoms with Gasteiger partial charge in [0.05, 0.1) is 6.42 Å². The number of aromatic amines is 1. The lowest BCUT2D eigenvalue weighted by Crippen LogP contribution is -2.19. The summed E-state index contributed by atoms with van der Waals surface area (Å²) < 4.78 is 5.43. The van der Waals surface area contributed by atoms with Gasteiger partial charge in [0.2, 0.25) is 5.89 Å². The van der Waals surface area contributed by atoms with Crippen molar-refractivity contribution in [2.24, 2.45) is 5.41 Å². The van der Waals surface area contributed by atoms with Gasteiger partial charge in [0.25, 0.3) is 11.4 Å². The number of carboxylic acid groups (broad SMARTS) is 1. The summed E-state index contributed by atoms with van der Waals surface area (Å²) in [6.07, 6.45) is 0.345. The minimum absolute atomic E-state index is 0.00161. The summed E-state index contributed by atoms with van der Waals surface area (Å²) in [7, 11) is 0. The van der Waals surface area contributed by atoms with E-state index in [4.69, 9.17) is 9.52 Å². The van der Waals surface area contributed by atoms with Crippen molar-refractivity contribution in [3.63, 3.8) is 0 Å². The molecule has 2 aromatic heterocycles. The van der Waals surface area contributed by atoms with Crippen LogP contribution in [0.4, 0.5) is 0 Å². The smallest absolute Gasteiger partial charge is 0.303 e. The number of nitrogens with one attached hydrogen (secondary N) is 1. The fourth-order valence-corrected chi connectivity index (χ4v) is 1.77. The normalized spacial score (nSPS) is 11.5. The van der Waals surface area contributed by atoms with E-state index in [1.54, 1.807) is 0 Å². The summed E-state index contributed by atoms with van der Waals surface area (Å²) in [5.41, 5.74) is -0.455. The molecule has 0 aliphatic heterocycles. The van der Waals surface area contributed by atoms with Crippen molar-refractivity contribution in [3.05, 3.63) is 28.4 Å². The maximum Gasteiger partial charge on any atom is 0.303 e. The molecule has 106 valence electrons. The van der Waals surface area contributed by atoms with E-state index in [0.717, 1.165) is 0 Å². The quantitative estimate of drug-likeness (QED) is 0.831. The first kappa shape index (κ1) is 13.9. The van der Waals surface area contributed by atoms with Crippen LogP contribution in [-0.2, 0) is 11.2 Å². The molecule has 0 aliphatic carbocycles. The van der Waals surface area contributed by atoms with E-state index >= 15 is 0 Å². The van der Waals surface area contributed by atoms with Crippen LogP contribution in [-0.4, -0.2) is 31.5 Å². The number of hydrogen-bond donors (Lipinski definition) is 2. The van der Waals surface area contributed by atoms with Crippen LogP contribution < -0.4 is 5.56 Å². The zero-order chi connectivity index (χ0) is 14.8. The van der Waals surface area contributed by atoms with Gasteiger partial charge in [-0.1, -0.05) is 13.8 Å². The zero-order valence-corrected chi connectivity index (χ0v) is 11.1. The molecule has 0 radical (unpaired) electrons. The average molecular weight is 278 g/mol. The molecular formula is C12H14N4O4. The number of carbonyl (C=O) groups is 1. The van der Waals surface area contributed by atoms with Gasteiger partial charge in [-0.15, -0.1) is 10.2 Å². The zero-order valence-electron chi connectivity index (χ0n) is 11.1. The standard InChI is InChI=1S/C12H14N4O4/c1-12(2,6-10(18)19)5-9-15-16-11(20-9)7-3-4-8(17)14-13-7/h3-4H,5-6H2,1-2H3,(H,14,17)(H,18,19). The second-order valence-electron chi connectivity index (χ2n) is 5.22. The van der Waals surface area contributed by atoms with Crippen LogP contribution in [0.5, 0.6) is 0 Å². The van der Waals surface area contributed by atoms with E-state index in [1.165, 1.54) is 12.1 Å². The number of H-pyrrole nitrogens is 1. The predicted octanol–water partition coefficient (Wildman–Crippen LogP) is 0.863. The Morgan fingerprint density at radius 1 is 1.40 bits per heavy atom. The summed E-state index contributed by atoms with van der Waals surface area (Å²) >= 11 is 0. The van der Waals surface area contributed by atoms with Crippen LogP contribution in [0.15, 0.2) is 21.3 Å². The van der Waals surface area contributed by atoms with E-state index in [-0.39, 0.29) is 17.9 Å². The van der Waals surface area contributed by atoms with E-state index in [0.29, 0.717) is 18.0 Å². The molecule has 20 heavy (non-hydrogen) atoms. The van der Waals surface area contributed by atoms with E-state index in [1.807, 2.05) is 13.8 Å². The molecule has 2 aromatic rings. The van der Waals surface area contributed by atoms with Crippen molar-refractivity contribution in [2.75, 3.05) is 0 Å². The summed E-state index contributed by atoms with van der Waals surface area (Å²) in [4.78, 5) is 21.7. The summed E-state index contributed by atoms with van der Waals surface area (Å²) in [5.74, 6) is -0.362. The number of rotatable bonds is 5. The fraction of sp³-hybridized carbons (Fsp3) is 0.417. The molecule has 0 saturated carbocycles. The molecule has 0 unspecified atom stereocenters. The molecule has 0 bridgehead atoms. The molecular weight excluding hydrogens is 264 g/mol. The first-order chi connectivity index (χ1) is 9.35. The monoisotopic (exact) mass is 278 g/mol. The van der Waals surface area contributed by atoms with Crippen molar-refractivity contribution in [1.29, 1.82) is 0 Å². The highest BCUT2D eigenvalue weighted by Gasteiger charge is 2.25. The van der Waals surface area contributed by atoms with E-state index in [2.05, 4.69) is 20.4 Å². The Morgan fingerprint density at radius 2 is 2.15 bits per heavy atom. The minimum atomic E-state index is -0.878. The summed E-state index contributed by atoms with van der Waals surface area (Å²) in [5, 5.41) is 22.6. The predicted molar refractivity (Wildman–Crippen MR) is 67.9 cm³/mol.